The summed E-state index contributed by atoms with van der Waals surface area (Å²) in [6.45, 7) is 2.03. The Labute approximate surface area is 153 Å². The van der Waals surface area contributed by atoms with Gasteiger partial charge in [0.1, 0.15) is 11.4 Å². The molecule has 1 amide bonds. The lowest BCUT2D eigenvalue weighted by molar-refractivity contribution is 0.102. The highest BCUT2D eigenvalue weighted by Gasteiger charge is 2.13. The first kappa shape index (κ1) is 16.3. The second kappa shape index (κ2) is 6.61. The van der Waals surface area contributed by atoms with Crippen LogP contribution in [0.5, 0.6) is 5.75 Å². The van der Waals surface area contributed by atoms with E-state index in [1.165, 1.54) is 11.3 Å². The van der Waals surface area contributed by atoms with Gasteiger partial charge < -0.3 is 4.74 Å². The fourth-order valence-corrected chi connectivity index (χ4v) is 3.56. The summed E-state index contributed by atoms with van der Waals surface area (Å²) in [5.41, 5.74) is 4.01. The topological polar surface area (TPSA) is 79.9 Å². The van der Waals surface area contributed by atoms with E-state index >= 15 is 0 Å². The molecule has 2 aromatic heterocycles. The summed E-state index contributed by atoms with van der Waals surface area (Å²) in [5.74, 6) is 0.501. The van der Waals surface area contributed by atoms with E-state index in [9.17, 15) is 4.79 Å². The molecule has 0 aliphatic carbocycles. The van der Waals surface area contributed by atoms with Crippen LogP contribution in [-0.4, -0.2) is 28.2 Å². The maximum atomic E-state index is 12.5. The average Bonchev–Trinajstić information content (AvgIpc) is 3.28. The lowest BCUT2D eigenvalue weighted by Crippen LogP contribution is -2.11. The second-order valence-electron chi connectivity index (χ2n) is 5.84. The number of aromatic nitrogens is 3. The van der Waals surface area contributed by atoms with Gasteiger partial charge in [0.2, 0.25) is 0 Å². The number of hydrogen-bond donors (Lipinski definition) is 2. The van der Waals surface area contributed by atoms with Gasteiger partial charge in [-0.05, 0) is 55.0 Å². The van der Waals surface area contributed by atoms with Gasteiger partial charge in [-0.15, -0.1) is 0 Å². The molecule has 0 aliphatic heterocycles. The Morgan fingerprint density at radius 1 is 1.15 bits per heavy atom. The molecule has 0 saturated carbocycles. The molecule has 0 fully saturated rings. The van der Waals surface area contributed by atoms with E-state index in [1.807, 2.05) is 43.3 Å². The van der Waals surface area contributed by atoms with Gasteiger partial charge in [-0.1, -0.05) is 17.4 Å². The number of aromatic amines is 1. The molecule has 26 heavy (non-hydrogen) atoms. The van der Waals surface area contributed by atoms with Crippen LogP contribution in [0.25, 0.3) is 21.5 Å². The molecule has 0 atom stereocenters. The van der Waals surface area contributed by atoms with Crippen molar-refractivity contribution in [3.05, 3.63) is 59.8 Å². The summed E-state index contributed by atoms with van der Waals surface area (Å²) >= 11 is 1.45. The highest BCUT2D eigenvalue weighted by molar-refractivity contribution is 7.22. The van der Waals surface area contributed by atoms with Crippen LogP contribution >= 0.6 is 11.3 Å². The monoisotopic (exact) mass is 364 g/mol. The van der Waals surface area contributed by atoms with Crippen molar-refractivity contribution >= 4 is 32.6 Å². The minimum absolute atomic E-state index is 0.270. The molecule has 0 bridgehead atoms. The third kappa shape index (κ3) is 3.16. The summed E-state index contributed by atoms with van der Waals surface area (Å²) in [6.07, 6.45) is 0. The minimum Gasteiger partial charge on any atom is -0.497 e. The summed E-state index contributed by atoms with van der Waals surface area (Å²) in [5, 5.41) is 10.4. The molecule has 0 unspecified atom stereocenters. The smallest absolute Gasteiger partial charge is 0.275 e. The molecule has 0 spiro atoms. The number of carbonyl (C=O) groups excluding carboxylic acids is 1. The van der Waals surface area contributed by atoms with Crippen molar-refractivity contribution in [1.82, 2.24) is 15.2 Å². The SMILES string of the molecule is COc1ccc(-c2cc(C(=O)Nc3nc4ccc(C)cc4s3)[nH]n2)cc1. The van der Waals surface area contributed by atoms with Crippen LogP contribution in [0.2, 0.25) is 0 Å². The molecule has 4 rings (SSSR count). The van der Waals surface area contributed by atoms with Crippen LogP contribution in [0.3, 0.4) is 0 Å². The molecule has 2 heterocycles. The molecule has 6 nitrogen and oxygen atoms in total. The first-order chi connectivity index (χ1) is 12.6. The first-order valence-electron chi connectivity index (χ1n) is 8.01. The number of fused-ring (bicyclic) bond motifs is 1. The summed E-state index contributed by atoms with van der Waals surface area (Å²) in [7, 11) is 1.62. The number of anilines is 1. The number of benzene rings is 2. The summed E-state index contributed by atoms with van der Waals surface area (Å²) in [6, 6.07) is 15.2. The molecular weight excluding hydrogens is 348 g/mol. The Kier molecular flexibility index (Phi) is 4.14. The number of methoxy groups -OCH3 is 1. The molecule has 2 aromatic carbocycles. The van der Waals surface area contributed by atoms with E-state index < -0.39 is 0 Å². The van der Waals surface area contributed by atoms with Gasteiger partial charge in [-0.25, -0.2) is 4.98 Å². The number of hydrogen-bond acceptors (Lipinski definition) is 5. The maximum absolute atomic E-state index is 12.5. The fourth-order valence-electron chi connectivity index (χ4n) is 2.60. The molecule has 2 N–H and O–H groups in total. The molecule has 0 aliphatic rings. The second-order valence-corrected chi connectivity index (χ2v) is 6.87. The average molecular weight is 364 g/mol. The third-order valence-electron chi connectivity index (χ3n) is 3.97. The van der Waals surface area contributed by atoms with Crippen LogP contribution in [-0.2, 0) is 0 Å². The maximum Gasteiger partial charge on any atom is 0.275 e. The van der Waals surface area contributed by atoms with Crippen molar-refractivity contribution in [3.8, 4) is 17.0 Å². The normalized spacial score (nSPS) is 10.8. The van der Waals surface area contributed by atoms with Crippen LogP contribution in [0.1, 0.15) is 16.1 Å². The van der Waals surface area contributed by atoms with E-state index in [2.05, 4.69) is 26.6 Å². The van der Waals surface area contributed by atoms with E-state index in [0.29, 0.717) is 16.5 Å². The van der Waals surface area contributed by atoms with Crippen molar-refractivity contribution in [2.75, 3.05) is 12.4 Å². The number of carbonyl (C=O) groups is 1. The lowest BCUT2D eigenvalue weighted by atomic mass is 10.1. The molecule has 4 aromatic rings. The Bertz CT molecular complexity index is 1080. The van der Waals surface area contributed by atoms with Crippen LogP contribution in [0.15, 0.2) is 48.5 Å². The third-order valence-corrected chi connectivity index (χ3v) is 4.91. The van der Waals surface area contributed by atoms with Gasteiger partial charge in [0, 0.05) is 5.56 Å². The number of ether oxygens (including phenoxy) is 1. The van der Waals surface area contributed by atoms with Gasteiger partial charge in [-0.2, -0.15) is 5.10 Å². The zero-order chi connectivity index (χ0) is 18.1. The Morgan fingerprint density at radius 3 is 2.73 bits per heavy atom. The molecule has 7 heteroatoms. The number of nitrogens with one attached hydrogen (secondary N) is 2. The zero-order valence-electron chi connectivity index (χ0n) is 14.2. The highest BCUT2D eigenvalue weighted by Crippen LogP contribution is 2.27. The van der Waals surface area contributed by atoms with Gasteiger partial charge in [-0.3, -0.25) is 15.2 Å². The Balaban J connectivity index is 1.53. The van der Waals surface area contributed by atoms with E-state index in [0.717, 1.165) is 27.1 Å². The van der Waals surface area contributed by atoms with Crippen molar-refractivity contribution < 1.29 is 9.53 Å². The van der Waals surface area contributed by atoms with E-state index in [-0.39, 0.29) is 5.91 Å². The number of aryl methyl sites for hydroxylation is 1. The minimum atomic E-state index is -0.270. The van der Waals surface area contributed by atoms with Crippen LogP contribution in [0.4, 0.5) is 5.13 Å². The first-order valence-corrected chi connectivity index (χ1v) is 8.82. The van der Waals surface area contributed by atoms with Gasteiger partial charge >= 0.3 is 0 Å². The number of nitrogens with zero attached hydrogens (tertiary/aromatic N) is 2. The van der Waals surface area contributed by atoms with Crippen LogP contribution < -0.4 is 10.1 Å². The van der Waals surface area contributed by atoms with E-state index in [1.54, 1.807) is 13.2 Å². The quantitative estimate of drug-likeness (QED) is 0.567. The fraction of sp³-hybridized carbons (Fsp3) is 0.105. The van der Waals surface area contributed by atoms with Crippen molar-refractivity contribution in [1.29, 1.82) is 0 Å². The number of thiazole rings is 1. The summed E-state index contributed by atoms with van der Waals surface area (Å²) in [4.78, 5) is 16.9. The molecule has 0 saturated heterocycles. The number of H-pyrrole nitrogens is 1. The number of amides is 1. The number of rotatable bonds is 4. The van der Waals surface area contributed by atoms with Crippen molar-refractivity contribution in [3.63, 3.8) is 0 Å². The van der Waals surface area contributed by atoms with E-state index in [4.69, 9.17) is 4.74 Å². The van der Waals surface area contributed by atoms with Crippen LogP contribution in [0, 0.1) is 6.92 Å². The highest BCUT2D eigenvalue weighted by atomic mass is 32.1. The molecule has 0 radical (unpaired) electrons. The standard InChI is InChI=1S/C19H16N4O2S/c1-11-3-8-14-17(9-11)26-19(20-14)21-18(24)16-10-15(22-23-16)12-4-6-13(25-2)7-5-12/h3-10H,1-2H3,(H,22,23)(H,20,21,24). The van der Waals surface area contributed by atoms with Gasteiger partial charge in [0.15, 0.2) is 5.13 Å². The lowest BCUT2D eigenvalue weighted by Gasteiger charge is -2.00. The Hall–Kier alpha value is -3.19. The molecular formula is C19H16N4O2S. The van der Waals surface area contributed by atoms with Crippen molar-refractivity contribution in [2.45, 2.75) is 6.92 Å². The van der Waals surface area contributed by atoms with Gasteiger partial charge in [0.05, 0.1) is 23.0 Å². The van der Waals surface area contributed by atoms with Crippen molar-refractivity contribution in [2.24, 2.45) is 0 Å². The summed E-state index contributed by atoms with van der Waals surface area (Å²) < 4.78 is 6.19. The van der Waals surface area contributed by atoms with Gasteiger partial charge in [0.25, 0.3) is 5.91 Å². The predicted octanol–water partition coefficient (Wildman–Crippen LogP) is 4.26. The largest absolute Gasteiger partial charge is 0.497 e. The Morgan fingerprint density at radius 2 is 1.96 bits per heavy atom. The molecule has 130 valence electrons. The predicted molar refractivity (Wildman–Crippen MR) is 103 cm³/mol. The zero-order valence-corrected chi connectivity index (χ0v) is 15.1.